The molecule has 1 aromatic heterocycles. The molecule has 0 aliphatic heterocycles. The number of fused-ring (bicyclic) bond motifs is 1. The van der Waals surface area contributed by atoms with Gasteiger partial charge in [-0.15, -0.1) is 0 Å². The third-order valence-electron chi connectivity index (χ3n) is 6.20. The molecule has 0 saturated heterocycles. The average molecular weight is 517 g/mol. The lowest BCUT2D eigenvalue weighted by Crippen LogP contribution is -2.43. The number of nitrogens with zero attached hydrogens (tertiary/aromatic N) is 2. The van der Waals surface area contributed by atoms with Crippen LogP contribution >= 0.6 is 0 Å². The summed E-state index contributed by atoms with van der Waals surface area (Å²) >= 11 is 0. The van der Waals surface area contributed by atoms with E-state index in [1.54, 1.807) is 67.8 Å². The summed E-state index contributed by atoms with van der Waals surface area (Å²) in [4.78, 5) is 43.0. The van der Waals surface area contributed by atoms with Crippen molar-refractivity contribution in [3.63, 3.8) is 0 Å². The van der Waals surface area contributed by atoms with Crippen LogP contribution in [0.2, 0.25) is 0 Å². The van der Waals surface area contributed by atoms with Gasteiger partial charge in [-0.25, -0.2) is 4.39 Å². The second kappa shape index (κ2) is 12.2. The monoisotopic (exact) mass is 516 g/mol. The topological polar surface area (TPSA) is 80.1 Å². The number of carbonyl (C=O) groups is 2. The molecule has 0 spiro atoms. The van der Waals surface area contributed by atoms with Crippen molar-refractivity contribution in [3.8, 4) is 5.75 Å². The van der Waals surface area contributed by atoms with E-state index < -0.39 is 0 Å². The molecule has 0 aliphatic carbocycles. The number of halogens is 1. The van der Waals surface area contributed by atoms with Gasteiger partial charge < -0.3 is 19.0 Å². The predicted octanol–water partition coefficient (Wildman–Crippen LogP) is 5.02. The highest BCUT2D eigenvalue weighted by Crippen LogP contribution is 2.17. The molecule has 0 unspecified atom stereocenters. The molecule has 2 amide bonds. The van der Waals surface area contributed by atoms with Gasteiger partial charge in [0.1, 0.15) is 23.7 Å². The van der Waals surface area contributed by atoms with Crippen molar-refractivity contribution in [2.75, 3.05) is 20.2 Å². The third kappa shape index (κ3) is 6.26. The number of amides is 2. The fraction of sp³-hybridized carbons (Fsp3) is 0.233. The van der Waals surface area contributed by atoms with Gasteiger partial charge in [0.05, 0.1) is 30.9 Å². The number of rotatable bonds is 10. The van der Waals surface area contributed by atoms with Gasteiger partial charge in [0.25, 0.3) is 5.91 Å². The lowest BCUT2D eigenvalue weighted by Gasteiger charge is -2.28. The van der Waals surface area contributed by atoms with Gasteiger partial charge in [-0.2, -0.15) is 0 Å². The van der Waals surface area contributed by atoms with E-state index in [-0.39, 0.29) is 42.7 Å². The zero-order valence-corrected chi connectivity index (χ0v) is 21.4. The lowest BCUT2D eigenvalue weighted by molar-refractivity contribution is -0.133. The molecule has 8 heteroatoms. The first-order chi connectivity index (χ1) is 18.4. The van der Waals surface area contributed by atoms with Crippen LogP contribution < -0.4 is 10.2 Å². The van der Waals surface area contributed by atoms with Gasteiger partial charge in [0.15, 0.2) is 5.43 Å². The molecular formula is C30H29FN2O5. The molecule has 38 heavy (non-hydrogen) atoms. The molecule has 0 radical (unpaired) electrons. The minimum atomic E-state index is -0.388. The summed E-state index contributed by atoms with van der Waals surface area (Å²) in [5.74, 6) is -0.396. The second-order valence-corrected chi connectivity index (χ2v) is 8.92. The van der Waals surface area contributed by atoms with Crippen LogP contribution in [0.5, 0.6) is 5.75 Å². The number of ether oxygens (including phenoxy) is 1. The zero-order valence-electron chi connectivity index (χ0n) is 21.4. The van der Waals surface area contributed by atoms with Crippen molar-refractivity contribution in [3.05, 3.63) is 112 Å². The zero-order chi connectivity index (χ0) is 27.1. The molecule has 1 heterocycles. The van der Waals surface area contributed by atoms with Crippen LogP contribution in [0.4, 0.5) is 4.39 Å². The average Bonchev–Trinajstić information content (AvgIpc) is 2.94. The molecule has 4 aromatic rings. The van der Waals surface area contributed by atoms with Crippen LogP contribution in [0.1, 0.15) is 34.8 Å². The fourth-order valence-electron chi connectivity index (χ4n) is 4.18. The first-order valence-electron chi connectivity index (χ1n) is 12.3. The molecule has 4 rings (SSSR count). The van der Waals surface area contributed by atoms with Gasteiger partial charge in [-0.05, 0) is 60.5 Å². The Morgan fingerprint density at radius 2 is 1.63 bits per heavy atom. The van der Waals surface area contributed by atoms with Crippen LogP contribution in [0, 0.1) is 5.82 Å². The standard InChI is InChI=1S/C30H29FN2O5/c1-3-16-32(30(36)22-10-14-25(37-2)15-11-22)19-28(34)33(17-21-8-12-24(31)13-9-21)18-23-20-38-27-7-5-4-6-26(27)29(23)35/h4-15,20H,3,16-19H2,1-2H3. The second-order valence-electron chi connectivity index (χ2n) is 8.92. The maximum Gasteiger partial charge on any atom is 0.254 e. The van der Waals surface area contributed by atoms with E-state index in [0.29, 0.717) is 46.4 Å². The molecule has 196 valence electrons. The van der Waals surface area contributed by atoms with Crippen molar-refractivity contribution in [1.29, 1.82) is 0 Å². The Bertz CT molecular complexity index is 1470. The minimum Gasteiger partial charge on any atom is -0.497 e. The van der Waals surface area contributed by atoms with Gasteiger partial charge in [-0.3, -0.25) is 14.4 Å². The summed E-state index contributed by atoms with van der Waals surface area (Å²) in [5, 5.41) is 0.418. The summed E-state index contributed by atoms with van der Waals surface area (Å²) in [5.41, 5.74) is 1.66. The number of benzene rings is 3. The highest BCUT2D eigenvalue weighted by Gasteiger charge is 2.23. The Labute approximate surface area is 220 Å². The van der Waals surface area contributed by atoms with Crippen LogP contribution in [0.3, 0.4) is 0 Å². The van der Waals surface area contributed by atoms with Crippen molar-refractivity contribution >= 4 is 22.8 Å². The SMILES string of the molecule is CCCN(CC(=O)N(Cc1ccc(F)cc1)Cc1coc2ccccc2c1=O)C(=O)c1ccc(OC)cc1. The number of methoxy groups -OCH3 is 1. The normalized spacial score (nSPS) is 10.8. The first kappa shape index (κ1) is 26.6. The maximum absolute atomic E-state index is 13.6. The molecular weight excluding hydrogens is 487 g/mol. The van der Waals surface area contributed by atoms with Crippen molar-refractivity contribution in [2.24, 2.45) is 0 Å². The summed E-state index contributed by atoms with van der Waals surface area (Å²) in [6, 6.07) is 19.4. The lowest BCUT2D eigenvalue weighted by atomic mass is 10.1. The van der Waals surface area contributed by atoms with E-state index in [1.807, 2.05) is 6.92 Å². The Hall–Kier alpha value is -4.46. The van der Waals surface area contributed by atoms with Crippen LogP contribution in [0.25, 0.3) is 11.0 Å². The van der Waals surface area contributed by atoms with Crippen LogP contribution in [-0.4, -0.2) is 41.8 Å². The first-order valence-corrected chi connectivity index (χ1v) is 12.3. The van der Waals surface area contributed by atoms with Crippen molar-refractivity contribution in [1.82, 2.24) is 9.80 Å². The number of hydrogen-bond donors (Lipinski definition) is 0. The molecule has 0 aliphatic rings. The Kier molecular flexibility index (Phi) is 8.53. The van der Waals surface area contributed by atoms with Gasteiger partial charge >= 0.3 is 0 Å². The van der Waals surface area contributed by atoms with Crippen molar-refractivity contribution in [2.45, 2.75) is 26.4 Å². The van der Waals surface area contributed by atoms with E-state index in [1.165, 1.54) is 28.2 Å². The summed E-state index contributed by atoms with van der Waals surface area (Å²) in [7, 11) is 1.55. The Morgan fingerprint density at radius 3 is 2.32 bits per heavy atom. The van der Waals surface area contributed by atoms with E-state index in [0.717, 1.165) is 0 Å². The van der Waals surface area contributed by atoms with Gasteiger partial charge in [0, 0.05) is 18.7 Å². The Morgan fingerprint density at radius 1 is 0.921 bits per heavy atom. The smallest absolute Gasteiger partial charge is 0.254 e. The largest absolute Gasteiger partial charge is 0.497 e. The van der Waals surface area contributed by atoms with E-state index >= 15 is 0 Å². The summed E-state index contributed by atoms with van der Waals surface area (Å²) in [6.45, 7) is 2.22. The quantitative estimate of drug-likeness (QED) is 0.296. The van der Waals surface area contributed by atoms with Crippen LogP contribution in [-0.2, 0) is 17.9 Å². The molecule has 0 fully saturated rings. The van der Waals surface area contributed by atoms with Crippen molar-refractivity contribution < 1.29 is 23.1 Å². The fourth-order valence-corrected chi connectivity index (χ4v) is 4.18. The summed E-state index contributed by atoms with van der Waals surface area (Å²) < 4.78 is 24.3. The summed E-state index contributed by atoms with van der Waals surface area (Å²) in [6.07, 6.45) is 2.02. The molecule has 0 N–H and O–H groups in total. The van der Waals surface area contributed by atoms with E-state index in [9.17, 15) is 18.8 Å². The molecule has 3 aromatic carbocycles. The molecule has 0 bridgehead atoms. The van der Waals surface area contributed by atoms with E-state index in [4.69, 9.17) is 9.15 Å². The number of hydrogen-bond acceptors (Lipinski definition) is 5. The van der Waals surface area contributed by atoms with Gasteiger partial charge in [0.2, 0.25) is 5.91 Å². The molecule has 7 nitrogen and oxygen atoms in total. The Balaban J connectivity index is 1.61. The van der Waals surface area contributed by atoms with E-state index in [2.05, 4.69) is 0 Å². The predicted molar refractivity (Wildman–Crippen MR) is 142 cm³/mol. The number of carbonyl (C=O) groups excluding carboxylic acids is 2. The van der Waals surface area contributed by atoms with Crippen LogP contribution in [0.15, 0.2) is 88.3 Å². The van der Waals surface area contributed by atoms with Gasteiger partial charge in [-0.1, -0.05) is 31.2 Å². The third-order valence-corrected chi connectivity index (χ3v) is 6.20. The molecule has 0 saturated carbocycles. The minimum absolute atomic E-state index is 0.0277. The number of para-hydroxylation sites is 1. The highest BCUT2D eigenvalue weighted by atomic mass is 19.1. The highest BCUT2D eigenvalue weighted by molar-refractivity contribution is 5.96. The maximum atomic E-state index is 13.6. The molecule has 0 atom stereocenters.